The zero-order valence-corrected chi connectivity index (χ0v) is 21.8. The number of urea groups is 1. The van der Waals surface area contributed by atoms with Crippen molar-refractivity contribution in [3.8, 4) is 0 Å². The van der Waals surface area contributed by atoms with Crippen LogP contribution in [-0.2, 0) is 27.9 Å². The van der Waals surface area contributed by atoms with Crippen LogP contribution < -0.4 is 10.0 Å². The average molecular weight is 582 g/mol. The molecule has 0 saturated heterocycles. The van der Waals surface area contributed by atoms with E-state index < -0.39 is 16.1 Å². The van der Waals surface area contributed by atoms with Gasteiger partial charge in [-0.3, -0.25) is 4.68 Å². The van der Waals surface area contributed by atoms with E-state index in [2.05, 4.69) is 10.4 Å². The van der Waals surface area contributed by atoms with Gasteiger partial charge < -0.3 is 10.1 Å². The van der Waals surface area contributed by atoms with Crippen LogP contribution in [0.5, 0.6) is 0 Å². The van der Waals surface area contributed by atoms with E-state index in [4.69, 9.17) is 51.1 Å². The van der Waals surface area contributed by atoms with Crippen molar-refractivity contribution in [2.24, 2.45) is 0 Å². The largest absolute Gasteiger partial charge is 0.372 e. The zero-order valence-electron chi connectivity index (χ0n) is 17.1. The van der Waals surface area contributed by atoms with Crippen LogP contribution in [0.15, 0.2) is 40.7 Å². The van der Waals surface area contributed by atoms with Gasteiger partial charge in [-0.25, -0.2) is 17.9 Å². The maximum absolute atomic E-state index is 12.3. The topological polar surface area (TPSA) is 102 Å². The molecule has 2 N–H and O–H groups in total. The van der Waals surface area contributed by atoms with Gasteiger partial charge in [0, 0.05) is 27.7 Å². The van der Waals surface area contributed by atoms with Gasteiger partial charge >= 0.3 is 6.03 Å². The summed E-state index contributed by atoms with van der Waals surface area (Å²) in [5.41, 5.74) is 3.39. The van der Waals surface area contributed by atoms with E-state index in [0.29, 0.717) is 29.8 Å². The molecule has 0 atom stereocenters. The predicted octanol–water partition coefficient (Wildman–Crippen LogP) is 5.21. The number of hydrogen-bond donors (Lipinski definition) is 2. The highest BCUT2D eigenvalue weighted by Crippen LogP contribution is 2.34. The molecule has 3 heterocycles. The Morgan fingerprint density at radius 1 is 1.18 bits per heavy atom. The fourth-order valence-electron chi connectivity index (χ4n) is 3.26. The molecule has 4 rings (SSSR count). The second-order valence-electron chi connectivity index (χ2n) is 7.14. The molecule has 0 spiro atoms. The van der Waals surface area contributed by atoms with Crippen LogP contribution in [0.2, 0.25) is 19.4 Å². The first kappa shape index (κ1) is 25.3. The fraction of sp³-hybridized carbons (Fsp3) is 0.200. The second-order valence-corrected chi connectivity index (χ2v) is 12.0. The molecule has 0 fully saturated rings. The number of sulfonamides is 1. The molecule has 1 aliphatic rings. The third-order valence-corrected chi connectivity index (χ3v) is 9.05. The molecular weight excluding hydrogens is 566 g/mol. The number of nitrogens with zero attached hydrogens (tertiary/aromatic N) is 2. The quantitative estimate of drug-likeness (QED) is 0.416. The number of nitrogens with one attached hydrogen (secondary N) is 2. The van der Waals surface area contributed by atoms with E-state index >= 15 is 0 Å². The lowest BCUT2D eigenvalue weighted by atomic mass is 10.1. The smallest absolute Gasteiger partial charge is 0.328 e. The first-order chi connectivity index (χ1) is 16.1. The summed E-state index contributed by atoms with van der Waals surface area (Å²) in [5, 5.41) is 8.11. The van der Waals surface area contributed by atoms with Gasteiger partial charge in [0.2, 0.25) is 0 Å². The van der Waals surface area contributed by atoms with Gasteiger partial charge in [-0.15, -0.1) is 11.3 Å². The molecule has 0 radical (unpaired) electrons. The molecule has 2 amide bonds. The Morgan fingerprint density at radius 3 is 2.68 bits per heavy atom. The van der Waals surface area contributed by atoms with Gasteiger partial charge in [0.15, 0.2) is 0 Å². The average Bonchev–Trinajstić information content (AvgIpc) is 3.34. The Bertz CT molecular complexity index is 1370. The lowest BCUT2D eigenvalue weighted by molar-refractivity contribution is 0.145. The number of amides is 2. The highest BCUT2D eigenvalue weighted by atomic mass is 35.5. The Kier molecular flexibility index (Phi) is 7.78. The summed E-state index contributed by atoms with van der Waals surface area (Å²) in [6.07, 6.45) is 3.46. The van der Waals surface area contributed by atoms with E-state index in [0.717, 1.165) is 33.7 Å². The Balaban J connectivity index is 1.45. The number of carbonyl (C=O) groups is 1. The molecule has 0 unspecified atom stereocenters. The van der Waals surface area contributed by atoms with Crippen LogP contribution in [0, 0.1) is 0 Å². The first-order valence-corrected chi connectivity index (χ1v) is 13.5. The summed E-state index contributed by atoms with van der Waals surface area (Å²) in [5.74, 6) is 0. The SMILES string of the molecule is O=C(NCC=C1COCc2cnn(Cc3ccc(Cl)cc3Cl)c21)NS(=O)(=O)c1cc(Cl)c(Cl)s1. The van der Waals surface area contributed by atoms with Crippen molar-refractivity contribution < 1.29 is 17.9 Å². The first-order valence-electron chi connectivity index (χ1n) is 9.65. The number of carbonyl (C=O) groups excluding carboxylic acids is 1. The number of thiophene rings is 1. The normalized spacial score (nSPS) is 14.8. The van der Waals surface area contributed by atoms with Gasteiger partial charge in [0.05, 0.1) is 36.7 Å². The fourth-order valence-corrected chi connectivity index (χ4v) is 6.54. The molecule has 34 heavy (non-hydrogen) atoms. The van der Waals surface area contributed by atoms with Crippen LogP contribution in [-0.4, -0.2) is 37.4 Å². The van der Waals surface area contributed by atoms with E-state index in [1.807, 2.05) is 10.8 Å². The monoisotopic (exact) mass is 580 g/mol. The molecule has 3 aromatic rings. The van der Waals surface area contributed by atoms with Crippen LogP contribution in [0.25, 0.3) is 5.57 Å². The van der Waals surface area contributed by atoms with Gasteiger partial charge in [0.25, 0.3) is 10.0 Å². The lowest BCUT2D eigenvalue weighted by Crippen LogP contribution is -2.39. The van der Waals surface area contributed by atoms with Gasteiger partial charge in [-0.1, -0.05) is 58.5 Å². The van der Waals surface area contributed by atoms with Crippen molar-refractivity contribution in [1.82, 2.24) is 19.8 Å². The Hall–Kier alpha value is -1.79. The van der Waals surface area contributed by atoms with Gasteiger partial charge in [0.1, 0.15) is 8.55 Å². The van der Waals surface area contributed by atoms with Crippen molar-refractivity contribution in [1.29, 1.82) is 0 Å². The Labute approximate surface area is 219 Å². The van der Waals surface area contributed by atoms with E-state index in [-0.39, 0.29) is 20.1 Å². The van der Waals surface area contributed by atoms with Gasteiger partial charge in [-0.05, 0) is 23.8 Å². The molecule has 1 aromatic carbocycles. The molecule has 0 aliphatic carbocycles. The maximum atomic E-state index is 12.3. The predicted molar refractivity (Wildman–Crippen MR) is 133 cm³/mol. The van der Waals surface area contributed by atoms with Crippen LogP contribution in [0.1, 0.15) is 16.8 Å². The number of halogens is 4. The number of ether oxygens (including phenoxy) is 1. The van der Waals surface area contributed by atoms with E-state index in [1.165, 1.54) is 6.07 Å². The Morgan fingerprint density at radius 2 is 1.97 bits per heavy atom. The molecule has 2 aromatic heterocycles. The summed E-state index contributed by atoms with van der Waals surface area (Å²) in [6, 6.07) is 5.55. The number of benzene rings is 1. The molecule has 0 bridgehead atoms. The molecular formula is C20H16Cl4N4O4S2. The molecule has 8 nitrogen and oxygen atoms in total. The molecule has 180 valence electrons. The minimum atomic E-state index is -4.10. The number of rotatable bonds is 6. The van der Waals surface area contributed by atoms with Crippen LogP contribution in [0.4, 0.5) is 4.79 Å². The van der Waals surface area contributed by atoms with Gasteiger partial charge in [-0.2, -0.15) is 5.10 Å². The van der Waals surface area contributed by atoms with Crippen molar-refractivity contribution in [2.45, 2.75) is 17.4 Å². The lowest BCUT2D eigenvalue weighted by Gasteiger charge is -2.19. The highest BCUT2D eigenvalue weighted by molar-refractivity contribution is 7.92. The third kappa shape index (κ3) is 5.71. The number of aromatic nitrogens is 2. The number of hydrogen-bond acceptors (Lipinski definition) is 6. The summed E-state index contributed by atoms with van der Waals surface area (Å²) in [7, 11) is -4.10. The third-order valence-electron chi connectivity index (χ3n) is 4.80. The summed E-state index contributed by atoms with van der Waals surface area (Å²) in [4.78, 5) is 12.2. The summed E-state index contributed by atoms with van der Waals surface area (Å²) >= 11 is 24.7. The molecule has 0 saturated carbocycles. The molecule has 14 heteroatoms. The van der Waals surface area contributed by atoms with Crippen molar-refractivity contribution in [2.75, 3.05) is 13.2 Å². The van der Waals surface area contributed by atoms with E-state index in [1.54, 1.807) is 29.1 Å². The molecule has 1 aliphatic heterocycles. The standard InChI is InChI=1S/C20H16Cl4N4O4S2/c21-14-2-1-11(15(22)5-14)8-28-18-12(9-32-10-13(18)7-26-28)3-4-25-20(29)27-34(30,31)17-6-16(23)19(24)33-17/h1-3,5-7H,4,8-10H2,(H2,25,27,29). The van der Waals surface area contributed by atoms with Crippen molar-refractivity contribution in [3.63, 3.8) is 0 Å². The minimum absolute atomic E-state index is 0.0539. The second kappa shape index (κ2) is 10.4. The summed E-state index contributed by atoms with van der Waals surface area (Å²) < 4.78 is 33.9. The maximum Gasteiger partial charge on any atom is 0.328 e. The van der Waals surface area contributed by atoms with Crippen LogP contribution >= 0.6 is 57.7 Å². The van der Waals surface area contributed by atoms with Crippen molar-refractivity contribution in [3.05, 3.63) is 72.8 Å². The van der Waals surface area contributed by atoms with Crippen LogP contribution in [0.3, 0.4) is 0 Å². The zero-order chi connectivity index (χ0) is 24.5. The van der Waals surface area contributed by atoms with Crippen molar-refractivity contribution >= 4 is 79.4 Å². The minimum Gasteiger partial charge on any atom is -0.372 e. The van der Waals surface area contributed by atoms with E-state index in [9.17, 15) is 13.2 Å². The summed E-state index contributed by atoms with van der Waals surface area (Å²) in [6.45, 7) is 1.18. The number of fused-ring (bicyclic) bond motifs is 1. The highest BCUT2D eigenvalue weighted by Gasteiger charge is 2.23.